The van der Waals surface area contributed by atoms with Crippen LogP contribution in [-0.2, 0) is 17.9 Å². The van der Waals surface area contributed by atoms with Crippen LogP contribution in [-0.4, -0.2) is 15.6 Å². The number of hydrogen-bond acceptors (Lipinski definition) is 7. The topological polar surface area (TPSA) is 155 Å². The standard InChI is InChI=1S/C19H16Cl2N4O5/c20-7-17(15-5-13(24(27)28)3-1-11(15)9-22)19(26)18(8-21)16-6-14(25(29)30)4-2-12(16)10-23/h1-8H,9-10,22-23H2. The number of carbonyl (C=O) groups is 1. The van der Waals surface area contributed by atoms with Crippen LogP contribution in [0.25, 0.3) is 11.1 Å². The molecule has 11 heteroatoms. The Kier molecular flexibility index (Phi) is 7.79. The first kappa shape index (κ1) is 23.2. The number of ketones is 1. The Balaban J connectivity index is 2.65. The largest absolute Gasteiger partial charge is 0.326 e. The van der Waals surface area contributed by atoms with Gasteiger partial charge in [-0.25, -0.2) is 0 Å². The van der Waals surface area contributed by atoms with E-state index in [0.29, 0.717) is 11.1 Å². The molecule has 156 valence electrons. The van der Waals surface area contributed by atoms with E-state index in [9.17, 15) is 25.0 Å². The lowest BCUT2D eigenvalue weighted by Crippen LogP contribution is -2.11. The van der Waals surface area contributed by atoms with Crippen LogP contribution in [0.3, 0.4) is 0 Å². The van der Waals surface area contributed by atoms with Crippen molar-refractivity contribution in [2.75, 3.05) is 0 Å². The first-order chi connectivity index (χ1) is 14.3. The molecule has 0 aliphatic carbocycles. The van der Waals surface area contributed by atoms with Gasteiger partial charge >= 0.3 is 0 Å². The summed E-state index contributed by atoms with van der Waals surface area (Å²) in [5.41, 5.74) is 13.8. The molecule has 0 aromatic heterocycles. The Hall–Kier alpha value is -3.11. The zero-order valence-electron chi connectivity index (χ0n) is 15.4. The molecule has 0 unspecified atom stereocenters. The molecule has 2 aromatic rings. The van der Waals surface area contributed by atoms with E-state index in [2.05, 4.69) is 0 Å². The van der Waals surface area contributed by atoms with E-state index in [1.54, 1.807) is 0 Å². The third-order valence-electron chi connectivity index (χ3n) is 4.34. The summed E-state index contributed by atoms with van der Waals surface area (Å²) in [5.74, 6) is -0.703. The summed E-state index contributed by atoms with van der Waals surface area (Å²) >= 11 is 11.8. The third kappa shape index (κ3) is 4.71. The number of allylic oxidation sites excluding steroid dienone is 2. The number of rotatable bonds is 8. The monoisotopic (exact) mass is 450 g/mol. The van der Waals surface area contributed by atoms with E-state index >= 15 is 0 Å². The highest BCUT2D eigenvalue weighted by Gasteiger charge is 2.25. The quantitative estimate of drug-likeness (QED) is 0.351. The number of nitrogens with two attached hydrogens (primary N) is 2. The van der Waals surface area contributed by atoms with Crippen LogP contribution in [0.4, 0.5) is 11.4 Å². The van der Waals surface area contributed by atoms with Crippen molar-refractivity contribution in [1.29, 1.82) is 0 Å². The van der Waals surface area contributed by atoms with Gasteiger partial charge in [0, 0.05) is 59.6 Å². The highest BCUT2D eigenvalue weighted by atomic mass is 35.5. The van der Waals surface area contributed by atoms with Gasteiger partial charge in [-0.15, -0.1) is 0 Å². The predicted molar refractivity (Wildman–Crippen MR) is 115 cm³/mol. The summed E-state index contributed by atoms with van der Waals surface area (Å²) in [6.07, 6.45) is 0. The van der Waals surface area contributed by atoms with Gasteiger partial charge in [0.05, 0.1) is 9.85 Å². The van der Waals surface area contributed by atoms with Crippen molar-refractivity contribution in [1.82, 2.24) is 0 Å². The molecule has 9 nitrogen and oxygen atoms in total. The van der Waals surface area contributed by atoms with Gasteiger partial charge in [0.1, 0.15) is 0 Å². The first-order valence-electron chi connectivity index (χ1n) is 8.40. The minimum atomic E-state index is -0.703. The summed E-state index contributed by atoms with van der Waals surface area (Å²) in [6, 6.07) is 7.71. The Labute approximate surface area is 180 Å². The average molecular weight is 451 g/mol. The number of nitrogens with zero attached hydrogens (tertiary/aromatic N) is 2. The van der Waals surface area contributed by atoms with Crippen LogP contribution in [0.15, 0.2) is 47.5 Å². The van der Waals surface area contributed by atoms with Gasteiger partial charge in [0.25, 0.3) is 11.4 Å². The highest BCUT2D eigenvalue weighted by molar-refractivity contribution is 6.50. The van der Waals surface area contributed by atoms with E-state index in [1.807, 2.05) is 0 Å². The van der Waals surface area contributed by atoms with Crippen LogP contribution in [0.5, 0.6) is 0 Å². The average Bonchev–Trinajstić information content (AvgIpc) is 2.74. The second-order valence-electron chi connectivity index (χ2n) is 5.98. The maximum absolute atomic E-state index is 13.3. The Morgan fingerprint density at radius 3 is 1.47 bits per heavy atom. The Morgan fingerprint density at radius 1 is 0.833 bits per heavy atom. The molecule has 0 saturated carbocycles. The van der Waals surface area contributed by atoms with E-state index in [4.69, 9.17) is 34.7 Å². The fraction of sp³-hybridized carbons (Fsp3) is 0.105. The van der Waals surface area contributed by atoms with Crippen LogP contribution in [0.2, 0.25) is 0 Å². The summed E-state index contributed by atoms with van der Waals surface area (Å²) < 4.78 is 0. The van der Waals surface area contributed by atoms with Gasteiger partial charge in [-0.2, -0.15) is 0 Å². The molecule has 0 aliphatic heterocycles. The molecule has 0 atom stereocenters. The lowest BCUT2D eigenvalue weighted by molar-refractivity contribution is -0.385. The second kappa shape index (κ2) is 10.1. The number of halogens is 2. The molecule has 0 amide bonds. The van der Waals surface area contributed by atoms with Crippen molar-refractivity contribution in [3.8, 4) is 0 Å². The number of non-ortho nitro benzene ring substituents is 2. The van der Waals surface area contributed by atoms with Gasteiger partial charge in [-0.3, -0.25) is 25.0 Å². The maximum Gasteiger partial charge on any atom is 0.270 e. The Morgan fingerprint density at radius 2 is 1.20 bits per heavy atom. The molecule has 2 aromatic carbocycles. The zero-order chi connectivity index (χ0) is 22.4. The number of carbonyl (C=O) groups excluding carboxylic acids is 1. The number of benzene rings is 2. The molecule has 0 bridgehead atoms. The van der Waals surface area contributed by atoms with Crippen LogP contribution in [0, 0.1) is 20.2 Å². The van der Waals surface area contributed by atoms with Crippen molar-refractivity contribution < 1.29 is 14.6 Å². The molecule has 4 N–H and O–H groups in total. The summed E-state index contributed by atoms with van der Waals surface area (Å²) in [5, 5.41) is 22.3. The molecule has 0 fully saturated rings. The zero-order valence-corrected chi connectivity index (χ0v) is 16.9. The second-order valence-corrected chi connectivity index (χ2v) is 6.42. The van der Waals surface area contributed by atoms with Crippen molar-refractivity contribution in [2.45, 2.75) is 13.1 Å². The van der Waals surface area contributed by atoms with E-state index < -0.39 is 15.6 Å². The number of Topliss-reactive ketones (excluding diaryl/α,β-unsaturated/α-hetero) is 1. The van der Waals surface area contributed by atoms with Crippen LogP contribution in [0.1, 0.15) is 22.3 Å². The molecular weight excluding hydrogens is 435 g/mol. The van der Waals surface area contributed by atoms with Gasteiger partial charge in [0.15, 0.2) is 5.78 Å². The molecule has 0 heterocycles. The molecule has 2 rings (SSSR count). The molecule has 0 saturated heterocycles. The summed E-state index contributed by atoms with van der Waals surface area (Å²) in [7, 11) is 0. The number of nitro groups is 2. The SMILES string of the molecule is NCc1ccc([N+](=O)[O-])cc1C(=CCl)C(=O)C(=CCl)c1cc([N+](=O)[O-])ccc1CN. The number of nitro benzene ring substituents is 2. The molecular formula is C19H16Cl2N4O5. The van der Waals surface area contributed by atoms with Gasteiger partial charge in [-0.1, -0.05) is 35.3 Å². The molecule has 30 heavy (non-hydrogen) atoms. The van der Waals surface area contributed by atoms with Crippen molar-refractivity contribution >= 4 is 51.5 Å². The van der Waals surface area contributed by atoms with E-state index in [1.165, 1.54) is 36.4 Å². The maximum atomic E-state index is 13.3. The minimum Gasteiger partial charge on any atom is -0.326 e. The van der Waals surface area contributed by atoms with Gasteiger partial charge < -0.3 is 11.5 Å². The third-order valence-corrected chi connectivity index (χ3v) is 4.77. The summed E-state index contributed by atoms with van der Waals surface area (Å²) in [6.45, 7) is -0.0285. The minimum absolute atomic E-state index is 0.0143. The molecule has 0 spiro atoms. The van der Waals surface area contributed by atoms with Gasteiger partial charge in [-0.05, 0) is 22.3 Å². The molecule has 0 aliphatic rings. The van der Waals surface area contributed by atoms with Crippen molar-refractivity contribution in [3.05, 3.63) is 90.0 Å². The van der Waals surface area contributed by atoms with E-state index in [-0.39, 0.29) is 46.7 Å². The lowest BCUT2D eigenvalue weighted by Gasteiger charge is -2.14. The first-order valence-corrected chi connectivity index (χ1v) is 9.27. The predicted octanol–water partition coefficient (Wildman–Crippen LogP) is 3.85. The van der Waals surface area contributed by atoms with E-state index in [0.717, 1.165) is 11.1 Å². The number of hydrogen-bond donors (Lipinski definition) is 2. The fourth-order valence-corrected chi connectivity index (χ4v) is 3.25. The highest BCUT2D eigenvalue weighted by Crippen LogP contribution is 2.33. The Bertz CT molecular complexity index is 999. The normalized spacial score (nSPS) is 12.0. The van der Waals surface area contributed by atoms with Crippen LogP contribution >= 0.6 is 23.2 Å². The van der Waals surface area contributed by atoms with Crippen molar-refractivity contribution in [3.63, 3.8) is 0 Å². The summed E-state index contributed by atoms with van der Waals surface area (Å²) in [4.78, 5) is 34.4. The van der Waals surface area contributed by atoms with Crippen molar-refractivity contribution in [2.24, 2.45) is 11.5 Å². The smallest absolute Gasteiger partial charge is 0.270 e. The fourth-order valence-electron chi connectivity index (χ4n) is 2.82. The van der Waals surface area contributed by atoms with Crippen LogP contribution < -0.4 is 11.5 Å². The lowest BCUT2D eigenvalue weighted by atomic mass is 9.89. The van der Waals surface area contributed by atoms with Gasteiger partial charge in [0.2, 0.25) is 0 Å². The molecule has 0 radical (unpaired) electrons.